The van der Waals surface area contributed by atoms with Gasteiger partial charge in [-0.1, -0.05) is 0 Å². The molecule has 0 saturated carbocycles. The zero-order valence-corrected chi connectivity index (χ0v) is 43.7. The average Bonchev–Trinajstić information content (AvgIpc) is 4.28. The van der Waals surface area contributed by atoms with E-state index >= 15 is 0 Å². The van der Waals surface area contributed by atoms with Gasteiger partial charge in [0.25, 0.3) is 47.3 Å². The van der Waals surface area contributed by atoms with Crippen molar-refractivity contribution in [3.63, 3.8) is 0 Å². The van der Waals surface area contributed by atoms with Gasteiger partial charge in [0.15, 0.2) is 17.5 Å². The van der Waals surface area contributed by atoms with Crippen LogP contribution in [-0.2, 0) is 54.9 Å². The molecule has 8 rings (SSSR count). The summed E-state index contributed by atoms with van der Waals surface area (Å²) in [6.07, 6.45) is 16.7. The van der Waals surface area contributed by atoms with Gasteiger partial charge in [-0.2, -0.15) is 0 Å². The van der Waals surface area contributed by atoms with Gasteiger partial charge < -0.3 is 84.8 Å². The van der Waals surface area contributed by atoms with Crippen LogP contribution in [-0.4, -0.2) is 119 Å². The third-order valence-corrected chi connectivity index (χ3v) is 12.4. The molecule has 28 heteroatoms. The van der Waals surface area contributed by atoms with Crippen molar-refractivity contribution in [1.29, 1.82) is 0 Å². The molecule has 78 heavy (non-hydrogen) atoms. The molecule has 8 amide bonds. The fourth-order valence-electron chi connectivity index (χ4n) is 8.57. The highest BCUT2D eigenvalue weighted by Gasteiger charge is 2.24. The summed E-state index contributed by atoms with van der Waals surface area (Å²) in [7, 11) is 11.3. The Kier molecular flexibility index (Phi) is 16.0. The molecule has 8 heterocycles. The van der Waals surface area contributed by atoms with Crippen LogP contribution in [0.3, 0.4) is 0 Å². The van der Waals surface area contributed by atoms with E-state index in [1.807, 2.05) is 0 Å². The van der Waals surface area contributed by atoms with E-state index in [-0.39, 0.29) is 52.0 Å². The molecule has 0 aliphatic heterocycles. The topological polar surface area (TPSA) is 337 Å². The van der Waals surface area contributed by atoms with Crippen molar-refractivity contribution < 1.29 is 38.4 Å². The number of amides is 8. The first kappa shape index (κ1) is 54.0. The molecule has 10 N–H and O–H groups in total. The zero-order chi connectivity index (χ0) is 55.9. The van der Waals surface area contributed by atoms with E-state index in [1.165, 1.54) is 61.5 Å². The molecular formula is C50H58N20O8. The first-order valence-corrected chi connectivity index (χ1v) is 24.3. The molecule has 406 valence electrons. The van der Waals surface area contributed by atoms with Crippen molar-refractivity contribution in [2.24, 2.45) is 41.0 Å². The molecule has 0 unspecified atom stereocenters. The van der Waals surface area contributed by atoms with Crippen molar-refractivity contribution in [2.45, 2.75) is 32.5 Å². The van der Waals surface area contributed by atoms with Crippen LogP contribution in [0.25, 0.3) is 0 Å². The second-order valence-electron chi connectivity index (χ2n) is 18.0. The maximum atomic E-state index is 13.9. The number of anilines is 6. The van der Waals surface area contributed by atoms with Crippen molar-refractivity contribution in [3.05, 3.63) is 138 Å². The summed E-state index contributed by atoms with van der Waals surface area (Å²) in [6.45, 7) is 1.29. The lowest BCUT2D eigenvalue weighted by atomic mass is 10.3. The van der Waals surface area contributed by atoms with Crippen LogP contribution in [0.15, 0.2) is 92.3 Å². The van der Waals surface area contributed by atoms with Gasteiger partial charge in [-0.25, -0.2) is 15.0 Å². The Balaban J connectivity index is 0.869. The third-order valence-electron chi connectivity index (χ3n) is 12.4. The number of aryl methyl sites for hydroxylation is 8. The van der Waals surface area contributed by atoms with E-state index in [1.54, 1.807) is 117 Å². The van der Waals surface area contributed by atoms with Crippen molar-refractivity contribution in [3.8, 4) is 0 Å². The molecule has 0 bridgehead atoms. The van der Waals surface area contributed by atoms with Gasteiger partial charge in [0.2, 0.25) is 5.82 Å². The second kappa shape index (κ2) is 23.1. The summed E-state index contributed by atoms with van der Waals surface area (Å²) in [5.41, 5.74) is 8.79. The molecule has 28 nitrogen and oxygen atoms in total. The summed E-state index contributed by atoms with van der Waals surface area (Å²) in [5, 5.41) is 21.8. The number of nitrogens with two attached hydrogens (primary N) is 1. The van der Waals surface area contributed by atoms with E-state index in [2.05, 4.69) is 57.5 Å². The van der Waals surface area contributed by atoms with E-state index in [0.717, 1.165) is 0 Å². The van der Waals surface area contributed by atoms with Gasteiger partial charge in [-0.05, 0) is 49.7 Å². The predicted octanol–water partition coefficient (Wildman–Crippen LogP) is 2.64. The number of carbonyl (C=O) groups excluding carboxylic acids is 8. The lowest BCUT2D eigenvalue weighted by molar-refractivity contribution is 0.0946. The van der Waals surface area contributed by atoms with Gasteiger partial charge in [0.05, 0.1) is 28.4 Å². The number of nitrogens with zero attached hydrogens (tertiary/aromatic N) is 11. The standard InChI is InChI=1S/C50H58N20O8/c1-52-43(71)34-18-29(23-64(34)4)56-45(73)35-19-30(24-65(35)5)57-46(74)36-20-31(25-66(36)6)59-49(77)41-55-12-17-68(41)14-9-15-70-26-32(21-37(70)44(72)53-2)58-47(75)38-22-33(27-69(38)13-8-10-51)60-50(78)42-61-39(28-67(42)7)62-48(76)40-54-11-16-63(40)3/h11-12,16-28H,8-10,13-15,51H2,1-7H3,(H,52,71)(H,53,72)(H,56,73)(H,57,74)(H,58,75)(H,59,77)(H,60,78)(H,62,76). The Morgan fingerprint density at radius 1 is 0.410 bits per heavy atom. The van der Waals surface area contributed by atoms with Crippen LogP contribution in [0.2, 0.25) is 0 Å². The summed E-state index contributed by atoms with van der Waals surface area (Å²) < 4.78 is 12.7. The number of rotatable bonds is 21. The fraction of sp³-hybridized carbons (Fsp3) is 0.260. The minimum atomic E-state index is -0.600. The van der Waals surface area contributed by atoms with E-state index in [9.17, 15) is 38.4 Å². The normalized spacial score (nSPS) is 11.0. The molecule has 8 aromatic heterocycles. The second-order valence-corrected chi connectivity index (χ2v) is 18.0. The van der Waals surface area contributed by atoms with Crippen LogP contribution in [0, 0.1) is 0 Å². The summed E-state index contributed by atoms with van der Waals surface area (Å²) in [6, 6.07) is 7.61. The van der Waals surface area contributed by atoms with Crippen LogP contribution in [0.1, 0.15) is 97.1 Å². The number of nitrogens with one attached hydrogen (secondary N) is 8. The summed E-state index contributed by atoms with van der Waals surface area (Å²) >= 11 is 0. The quantitative estimate of drug-likeness (QED) is 0.0502. The molecule has 0 aliphatic rings. The van der Waals surface area contributed by atoms with E-state index < -0.39 is 41.4 Å². The monoisotopic (exact) mass is 1070 g/mol. The molecule has 0 fully saturated rings. The Bertz CT molecular complexity index is 3610. The Hall–Kier alpha value is -10.2. The van der Waals surface area contributed by atoms with Crippen LogP contribution in [0.5, 0.6) is 0 Å². The lowest BCUT2D eigenvalue weighted by Crippen LogP contribution is -2.22. The van der Waals surface area contributed by atoms with Crippen molar-refractivity contribution in [1.82, 2.24) is 62.1 Å². The van der Waals surface area contributed by atoms with Crippen molar-refractivity contribution in [2.75, 3.05) is 52.5 Å². The lowest BCUT2D eigenvalue weighted by Gasteiger charge is -2.10. The summed E-state index contributed by atoms with van der Waals surface area (Å²) in [4.78, 5) is 118. The van der Waals surface area contributed by atoms with E-state index in [0.29, 0.717) is 73.2 Å². The molecule has 0 aromatic carbocycles. The Morgan fingerprint density at radius 2 is 0.808 bits per heavy atom. The van der Waals surface area contributed by atoms with E-state index in [4.69, 9.17) is 5.73 Å². The largest absolute Gasteiger partial charge is 0.354 e. The van der Waals surface area contributed by atoms with Crippen LogP contribution in [0.4, 0.5) is 34.3 Å². The third kappa shape index (κ3) is 12.0. The first-order chi connectivity index (χ1) is 37.3. The fourth-order valence-corrected chi connectivity index (χ4v) is 8.57. The number of imidazole rings is 3. The van der Waals surface area contributed by atoms with Gasteiger partial charge >= 0.3 is 0 Å². The maximum Gasteiger partial charge on any atom is 0.292 e. The minimum absolute atomic E-state index is 0.0109. The zero-order valence-electron chi connectivity index (χ0n) is 43.7. The smallest absolute Gasteiger partial charge is 0.292 e. The summed E-state index contributed by atoms with van der Waals surface area (Å²) in [5.74, 6) is -3.47. The highest BCUT2D eigenvalue weighted by Crippen LogP contribution is 2.23. The van der Waals surface area contributed by atoms with Gasteiger partial charge in [0, 0.05) is 131 Å². The predicted molar refractivity (Wildman–Crippen MR) is 287 cm³/mol. The number of carbonyl (C=O) groups is 8. The molecule has 0 saturated heterocycles. The molecule has 0 aliphatic carbocycles. The van der Waals surface area contributed by atoms with Gasteiger partial charge in [0.1, 0.15) is 28.5 Å². The SMILES string of the molecule is CNC(=O)c1cc(NC(=O)c2cc(NC(=O)c3cc(NC(=O)c4nccn4CCCn4cc(NC(=O)c5cc(NC(=O)c6nc(NC(=O)c7nccn7C)cn6C)cn5CCCN)cc4C(=O)NC)cn3C)cn2C)cn1C. The molecule has 0 atom stereocenters. The first-order valence-electron chi connectivity index (χ1n) is 24.3. The Morgan fingerprint density at radius 3 is 1.32 bits per heavy atom. The highest BCUT2D eigenvalue weighted by molar-refractivity contribution is 6.09. The minimum Gasteiger partial charge on any atom is -0.354 e. The van der Waals surface area contributed by atoms with Crippen LogP contribution < -0.4 is 48.3 Å². The number of hydrogen-bond donors (Lipinski definition) is 9. The molecular weight excluding hydrogens is 1010 g/mol. The molecule has 8 aromatic rings. The highest BCUT2D eigenvalue weighted by atomic mass is 16.2. The molecule has 0 radical (unpaired) electrons. The number of aromatic nitrogens is 11. The Labute approximate surface area is 445 Å². The maximum absolute atomic E-state index is 13.9. The van der Waals surface area contributed by atoms with Crippen molar-refractivity contribution >= 4 is 81.5 Å². The van der Waals surface area contributed by atoms with Gasteiger partial charge in [-0.15, -0.1) is 0 Å². The van der Waals surface area contributed by atoms with Gasteiger partial charge in [-0.3, -0.25) is 38.4 Å². The van der Waals surface area contributed by atoms with Crippen LogP contribution >= 0.6 is 0 Å². The average molecular weight is 1070 g/mol. The molecule has 0 spiro atoms. The number of hydrogen-bond acceptors (Lipinski definition) is 12.